The molecule has 1 aliphatic rings. The van der Waals surface area contributed by atoms with Crippen molar-refractivity contribution in [1.29, 1.82) is 0 Å². The number of benzene rings is 1. The van der Waals surface area contributed by atoms with Gasteiger partial charge in [0.25, 0.3) is 0 Å². The summed E-state index contributed by atoms with van der Waals surface area (Å²) in [6.45, 7) is 7.93. The molecule has 1 heterocycles. The highest BCUT2D eigenvalue weighted by Crippen LogP contribution is 2.35. The standard InChI is InChI=1S/C15H25N3O/c1-10-8-13(16)14(19-15(2,3)17)9-12(10)11-4-6-18-7-5-11/h8-9,11,18H,4-7,16-17H2,1-3H3. The van der Waals surface area contributed by atoms with Gasteiger partial charge >= 0.3 is 0 Å². The molecule has 5 N–H and O–H groups in total. The first-order valence-electron chi connectivity index (χ1n) is 6.95. The second-order valence-corrected chi connectivity index (χ2v) is 5.98. The molecule has 19 heavy (non-hydrogen) atoms. The van der Waals surface area contributed by atoms with E-state index in [2.05, 4.69) is 18.3 Å². The van der Waals surface area contributed by atoms with Crippen molar-refractivity contribution in [3.8, 4) is 5.75 Å². The van der Waals surface area contributed by atoms with Crippen molar-refractivity contribution in [1.82, 2.24) is 5.32 Å². The highest BCUT2D eigenvalue weighted by Gasteiger charge is 2.21. The van der Waals surface area contributed by atoms with Gasteiger partial charge in [-0.2, -0.15) is 0 Å². The highest BCUT2D eigenvalue weighted by molar-refractivity contribution is 5.57. The molecule has 4 heteroatoms. The molecule has 4 nitrogen and oxygen atoms in total. The number of ether oxygens (including phenoxy) is 1. The third-order valence-electron chi connectivity index (χ3n) is 3.55. The van der Waals surface area contributed by atoms with Gasteiger partial charge < -0.3 is 15.8 Å². The van der Waals surface area contributed by atoms with Gasteiger partial charge in [0.05, 0.1) is 5.69 Å². The second-order valence-electron chi connectivity index (χ2n) is 5.98. The summed E-state index contributed by atoms with van der Waals surface area (Å²) >= 11 is 0. The fourth-order valence-corrected chi connectivity index (χ4v) is 2.67. The molecule has 0 spiro atoms. The van der Waals surface area contributed by atoms with Gasteiger partial charge in [0.2, 0.25) is 0 Å². The lowest BCUT2D eigenvalue weighted by Gasteiger charge is -2.27. The van der Waals surface area contributed by atoms with Crippen LogP contribution in [0.25, 0.3) is 0 Å². The molecule has 2 rings (SSSR count). The van der Waals surface area contributed by atoms with E-state index in [1.54, 1.807) is 0 Å². The average Bonchev–Trinajstić information content (AvgIpc) is 2.32. The van der Waals surface area contributed by atoms with Crippen LogP contribution < -0.4 is 21.5 Å². The monoisotopic (exact) mass is 263 g/mol. The van der Waals surface area contributed by atoms with E-state index < -0.39 is 5.72 Å². The summed E-state index contributed by atoms with van der Waals surface area (Å²) in [4.78, 5) is 0. The molecule has 0 saturated carbocycles. The number of nitrogens with one attached hydrogen (secondary N) is 1. The maximum absolute atomic E-state index is 6.03. The van der Waals surface area contributed by atoms with Gasteiger partial charge in [-0.15, -0.1) is 0 Å². The molecule has 1 aromatic rings. The molecule has 1 aromatic carbocycles. The number of hydrogen-bond donors (Lipinski definition) is 3. The van der Waals surface area contributed by atoms with Crippen LogP contribution in [0, 0.1) is 6.92 Å². The van der Waals surface area contributed by atoms with Crippen molar-refractivity contribution in [2.75, 3.05) is 18.8 Å². The minimum atomic E-state index is -0.714. The van der Waals surface area contributed by atoms with Gasteiger partial charge in [-0.3, -0.25) is 5.73 Å². The van der Waals surface area contributed by atoms with E-state index in [-0.39, 0.29) is 0 Å². The third-order valence-corrected chi connectivity index (χ3v) is 3.55. The van der Waals surface area contributed by atoms with Crippen LogP contribution >= 0.6 is 0 Å². The molecule has 0 aliphatic carbocycles. The topological polar surface area (TPSA) is 73.3 Å². The zero-order chi connectivity index (χ0) is 14.0. The van der Waals surface area contributed by atoms with Crippen LogP contribution in [-0.4, -0.2) is 18.8 Å². The maximum Gasteiger partial charge on any atom is 0.153 e. The van der Waals surface area contributed by atoms with E-state index in [1.807, 2.05) is 19.9 Å². The number of rotatable bonds is 3. The summed E-state index contributed by atoms with van der Waals surface area (Å²) in [5, 5.41) is 3.39. The van der Waals surface area contributed by atoms with Crippen LogP contribution in [0.4, 0.5) is 5.69 Å². The molecule has 1 fully saturated rings. The average molecular weight is 263 g/mol. The first kappa shape index (κ1) is 14.2. The second kappa shape index (κ2) is 5.39. The molecule has 0 amide bonds. The summed E-state index contributed by atoms with van der Waals surface area (Å²) in [5.74, 6) is 1.29. The Bertz CT molecular complexity index is 445. The smallest absolute Gasteiger partial charge is 0.153 e. The summed E-state index contributed by atoms with van der Waals surface area (Å²) in [6.07, 6.45) is 2.33. The van der Waals surface area contributed by atoms with Gasteiger partial charge in [-0.05, 0) is 75.9 Å². The van der Waals surface area contributed by atoms with Gasteiger partial charge in [-0.25, -0.2) is 0 Å². The van der Waals surface area contributed by atoms with Crippen LogP contribution in [0.2, 0.25) is 0 Å². The van der Waals surface area contributed by atoms with E-state index in [4.69, 9.17) is 16.2 Å². The van der Waals surface area contributed by atoms with Crippen molar-refractivity contribution in [2.24, 2.45) is 5.73 Å². The van der Waals surface area contributed by atoms with Crippen LogP contribution in [0.15, 0.2) is 12.1 Å². The molecule has 0 unspecified atom stereocenters. The number of hydrogen-bond acceptors (Lipinski definition) is 4. The minimum absolute atomic E-state index is 0.588. The summed E-state index contributed by atoms with van der Waals surface area (Å²) < 4.78 is 5.76. The number of anilines is 1. The van der Waals surface area contributed by atoms with E-state index in [0.29, 0.717) is 17.4 Å². The summed E-state index contributed by atoms with van der Waals surface area (Å²) in [5.41, 5.74) is 14.5. The Kier molecular flexibility index (Phi) is 4.02. The Morgan fingerprint density at radius 3 is 2.47 bits per heavy atom. The highest BCUT2D eigenvalue weighted by atomic mass is 16.5. The van der Waals surface area contributed by atoms with E-state index >= 15 is 0 Å². The van der Waals surface area contributed by atoms with Gasteiger partial charge in [0.1, 0.15) is 5.75 Å². The Morgan fingerprint density at radius 2 is 1.89 bits per heavy atom. The van der Waals surface area contributed by atoms with E-state index in [0.717, 1.165) is 25.9 Å². The van der Waals surface area contributed by atoms with Gasteiger partial charge in [0, 0.05) is 0 Å². The van der Waals surface area contributed by atoms with Gasteiger partial charge in [-0.1, -0.05) is 0 Å². The van der Waals surface area contributed by atoms with Crippen molar-refractivity contribution in [3.05, 3.63) is 23.3 Å². The van der Waals surface area contributed by atoms with Crippen LogP contribution in [-0.2, 0) is 0 Å². The molecular weight excluding hydrogens is 238 g/mol. The molecule has 1 aliphatic heterocycles. The Morgan fingerprint density at radius 1 is 1.26 bits per heavy atom. The molecule has 1 saturated heterocycles. The Labute approximate surface area is 115 Å². The predicted molar refractivity (Wildman–Crippen MR) is 79.3 cm³/mol. The molecule has 0 aromatic heterocycles. The minimum Gasteiger partial charge on any atom is -0.471 e. The van der Waals surface area contributed by atoms with Gasteiger partial charge in [0.15, 0.2) is 5.72 Å². The predicted octanol–water partition coefficient (Wildman–Crippen LogP) is 2.12. The van der Waals surface area contributed by atoms with Crippen molar-refractivity contribution in [3.63, 3.8) is 0 Å². The van der Waals surface area contributed by atoms with E-state index in [9.17, 15) is 0 Å². The number of nitrogen functional groups attached to an aromatic ring is 1. The Hall–Kier alpha value is -1.26. The van der Waals surface area contributed by atoms with E-state index in [1.165, 1.54) is 11.1 Å². The largest absolute Gasteiger partial charge is 0.471 e. The van der Waals surface area contributed by atoms with Crippen molar-refractivity contribution < 1.29 is 4.74 Å². The number of nitrogens with two attached hydrogens (primary N) is 2. The van der Waals surface area contributed by atoms with Crippen LogP contribution in [0.3, 0.4) is 0 Å². The third kappa shape index (κ3) is 3.61. The molecular formula is C15H25N3O. The fraction of sp³-hybridized carbons (Fsp3) is 0.600. The van der Waals surface area contributed by atoms with Crippen molar-refractivity contribution in [2.45, 2.75) is 45.3 Å². The summed E-state index contributed by atoms with van der Waals surface area (Å²) in [6, 6.07) is 4.08. The number of piperidine rings is 1. The van der Waals surface area contributed by atoms with Crippen LogP contribution in [0.1, 0.15) is 43.7 Å². The Balaban J connectivity index is 2.30. The molecule has 106 valence electrons. The fourth-order valence-electron chi connectivity index (χ4n) is 2.67. The van der Waals surface area contributed by atoms with Crippen molar-refractivity contribution >= 4 is 5.69 Å². The zero-order valence-electron chi connectivity index (χ0n) is 12.1. The first-order valence-corrected chi connectivity index (χ1v) is 6.95. The zero-order valence-corrected chi connectivity index (χ0v) is 12.1. The molecule has 0 bridgehead atoms. The lowest BCUT2D eigenvalue weighted by molar-refractivity contribution is 0.118. The maximum atomic E-state index is 6.03. The normalized spacial score (nSPS) is 17.5. The first-order chi connectivity index (χ1) is 8.87. The SMILES string of the molecule is Cc1cc(N)c(OC(C)(C)N)cc1C1CCNCC1. The van der Waals surface area contributed by atoms with Crippen LogP contribution in [0.5, 0.6) is 5.75 Å². The summed E-state index contributed by atoms with van der Waals surface area (Å²) in [7, 11) is 0. The lowest BCUT2D eigenvalue weighted by atomic mass is 9.87. The molecule has 0 atom stereocenters. The molecule has 0 radical (unpaired) electrons. The number of aryl methyl sites for hydroxylation is 1. The lowest BCUT2D eigenvalue weighted by Crippen LogP contribution is -2.39. The quantitative estimate of drug-likeness (QED) is 0.577.